The Hall–Kier alpha value is -1.60. The van der Waals surface area contributed by atoms with Gasteiger partial charge in [-0.05, 0) is 23.8 Å². The van der Waals surface area contributed by atoms with Crippen molar-refractivity contribution in [1.82, 2.24) is 0 Å². The molecule has 0 bridgehead atoms. The first-order chi connectivity index (χ1) is 7.17. The number of ether oxygens (including phenoxy) is 1. The molecule has 1 rings (SSSR count). The number of nitrogens with zero attached hydrogens (tertiary/aromatic N) is 1. The van der Waals surface area contributed by atoms with Crippen LogP contribution in [0.4, 0.5) is 4.39 Å². The van der Waals surface area contributed by atoms with Gasteiger partial charge in [0, 0.05) is 6.42 Å². The second kappa shape index (κ2) is 5.32. The van der Waals surface area contributed by atoms with Crippen LogP contribution in [-0.2, 0) is 6.42 Å². The molecule has 80 valence electrons. The van der Waals surface area contributed by atoms with Gasteiger partial charge in [0.25, 0.3) is 0 Å². The number of rotatable bonds is 4. The number of halogens is 1. The molecule has 0 radical (unpaired) electrons. The van der Waals surface area contributed by atoms with Gasteiger partial charge in [0.1, 0.15) is 11.6 Å². The second-order valence-electron chi connectivity index (χ2n) is 3.18. The molecule has 0 heterocycles. The van der Waals surface area contributed by atoms with Crippen LogP contribution in [0.3, 0.4) is 0 Å². The van der Waals surface area contributed by atoms with Crippen molar-refractivity contribution >= 4 is 0 Å². The highest BCUT2D eigenvalue weighted by Crippen LogP contribution is 2.21. The molecular formula is C11H12FNO2. The zero-order valence-corrected chi connectivity index (χ0v) is 8.40. The van der Waals surface area contributed by atoms with Crippen LogP contribution in [0.15, 0.2) is 18.2 Å². The number of benzene rings is 1. The summed E-state index contributed by atoms with van der Waals surface area (Å²) in [6.07, 6.45) is -0.542. The fourth-order valence-corrected chi connectivity index (χ4v) is 1.34. The lowest BCUT2D eigenvalue weighted by Gasteiger charge is -2.10. The van der Waals surface area contributed by atoms with Gasteiger partial charge in [0.2, 0.25) is 0 Å². The van der Waals surface area contributed by atoms with E-state index < -0.39 is 6.10 Å². The van der Waals surface area contributed by atoms with E-state index in [1.807, 2.05) is 6.07 Å². The number of hydrogen-bond acceptors (Lipinski definition) is 3. The molecule has 3 nitrogen and oxygen atoms in total. The highest BCUT2D eigenvalue weighted by molar-refractivity contribution is 5.34. The van der Waals surface area contributed by atoms with E-state index in [0.717, 1.165) is 0 Å². The molecule has 1 atom stereocenters. The summed E-state index contributed by atoms with van der Waals surface area (Å²) in [7, 11) is 1.48. The highest BCUT2D eigenvalue weighted by Gasteiger charge is 2.10. The van der Waals surface area contributed by atoms with Gasteiger partial charge >= 0.3 is 0 Å². The Bertz CT molecular complexity index is 373. The fourth-order valence-electron chi connectivity index (χ4n) is 1.34. The maximum atomic E-state index is 12.9. The molecule has 15 heavy (non-hydrogen) atoms. The second-order valence-corrected chi connectivity index (χ2v) is 3.18. The Morgan fingerprint density at radius 1 is 1.60 bits per heavy atom. The van der Waals surface area contributed by atoms with Crippen LogP contribution in [0.5, 0.6) is 5.75 Å². The molecule has 1 N–H and O–H groups in total. The van der Waals surface area contributed by atoms with Crippen LogP contribution in [-0.4, -0.2) is 18.3 Å². The summed E-state index contributed by atoms with van der Waals surface area (Å²) in [6.45, 7) is 0. The first-order valence-electron chi connectivity index (χ1n) is 4.54. The molecule has 1 aromatic rings. The predicted molar refractivity (Wildman–Crippen MR) is 52.9 cm³/mol. The maximum absolute atomic E-state index is 12.9. The first kappa shape index (κ1) is 11.5. The van der Waals surface area contributed by atoms with Crippen LogP contribution in [0, 0.1) is 17.1 Å². The normalized spacial score (nSPS) is 11.9. The van der Waals surface area contributed by atoms with Crippen molar-refractivity contribution in [2.24, 2.45) is 0 Å². The minimum Gasteiger partial charge on any atom is -0.496 e. The fraction of sp³-hybridized carbons (Fsp3) is 0.364. The molecule has 0 spiro atoms. The molecule has 0 aliphatic rings. The first-order valence-corrected chi connectivity index (χ1v) is 4.54. The number of nitriles is 1. The molecular weight excluding hydrogens is 197 g/mol. The van der Waals surface area contributed by atoms with Crippen LogP contribution in [0.1, 0.15) is 12.0 Å². The largest absolute Gasteiger partial charge is 0.496 e. The van der Waals surface area contributed by atoms with Gasteiger partial charge in [-0.3, -0.25) is 0 Å². The number of hydrogen-bond donors (Lipinski definition) is 1. The Morgan fingerprint density at radius 2 is 2.33 bits per heavy atom. The average molecular weight is 209 g/mol. The number of aliphatic hydroxyl groups excluding tert-OH is 1. The Balaban J connectivity index is 2.83. The summed E-state index contributed by atoms with van der Waals surface area (Å²) in [6, 6.07) is 5.95. The van der Waals surface area contributed by atoms with E-state index in [4.69, 9.17) is 10.00 Å². The van der Waals surface area contributed by atoms with Crippen molar-refractivity contribution in [3.05, 3.63) is 29.6 Å². The average Bonchev–Trinajstić information content (AvgIpc) is 2.18. The zero-order chi connectivity index (χ0) is 11.3. The molecule has 1 unspecified atom stereocenters. The molecule has 0 amide bonds. The molecule has 1 aromatic carbocycles. The molecule has 0 aliphatic heterocycles. The van der Waals surface area contributed by atoms with Gasteiger partial charge in [-0.25, -0.2) is 4.39 Å². The summed E-state index contributed by atoms with van der Waals surface area (Å²) < 4.78 is 17.9. The molecule has 4 heteroatoms. The Kier molecular flexibility index (Phi) is 4.07. The minimum absolute atomic E-state index is 0.0274. The molecule has 0 fully saturated rings. The van der Waals surface area contributed by atoms with Crippen LogP contribution in [0.2, 0.25) is 0 Å². The monoisotopic (exact) mass is 209 g/mol. The Morgan fingerprint density at radius 3 is 2.93 bits per heavy atom. The Labute approximate surface area is 87.7 Å². The van der Waals surface area contributed by atoms with Crippen LogP contribution < -0.4 is 4.74 Å². The van der Waals surface area contributed by atoms with Gasteiger partial charge in [0.15, 0.2) is 0 Å². The standard InChI is InChI=1S/C11H12FNO2/c1-15-11-3-2-9(12)6-8(11)7-10(14)4-5-13/h2-3,6,10,14H,4,7H2,1H3. The lowest BCUT2D eigenvalue weighted by atomic mass is 10.1. The topological polar surface area (TPSA) is 53.2 Å². The van der Waals surface area contributed by atoms with Crippen molar-refractivity contribution in [3.63, 3.8) is 0 Å². The van der Waals surface area contributed by atoms with E-state index in [1.54, 1.807) is 0 Å². The SMILES string of the molecule is COc1ccc(F)cc1CC(O)CC#N. The van der Waals surface area contributed by atoms with Gasteiger partial charge in [0.05, 0.1) is 25.7 Å². The lowest BCUT2D eigenvalue weighted by molar-refractivity contribution is 0.179. The lowest BCUT2D eigenvalue weighted by Crippen LogP contribution is -2.10. The third-order valence-corrected chi connectivity index (χ3v) is 2.02. The van der Waals surface area contributed by atoms with E-state index in [0.29, 0.717) is 11.3 Å². The zero-order valence-electron chi connectivity index (χ0n) is 8.40. The minimum atomic E-state index is -0.786. The highest BCUT2D eigenvalue weighted by atomic mass is 19.1. The van der Waals surface area contributed by atoms with E-state index in [9.17, 15) is 9.50 Å². The summed E-state index contributed by atoms with van der Waals surface area (Å²) >= 11 is 0. The van der Waals surface area contributed by atoms with Gasteiger partial charge in [-0.1, -0.05) is 0 Å². The quantitative estimate of drug-likeness (QED) is 0.820. The third-order valence-electron chi connectivity index (χ3n) is 2.02. The van der Waals surface area contributed by atoms with E-state index in [-0.39, 0.29) is 18.7 Å². The molecule has 0 aromatic heterocycles. The summed E-state index contributed by atoms with van der Waals surface area (Å²) in [5.41, 5.74) is 0.570. The molecule has 0 saturated carbocycles. The molecule has 0 aliphatic carbocycles. The summed E-state index contributed by atoms with van der Waals surface area (Å²) in [4.78, 5) is 0. The molecule has 0 saturated heterocycles. The number of methoxy groups -OCH3 is 1. The van der Waals surface area contributed by atoms with Crippen molar-refractivity contribution in [1.29, 1.82) is 5.26 Å². The number of aliphatic hydroxyl groups is 1. The third kappa shape index (κ3) is 3.22. The van der Waals surface area contributed by atoms with Gasteiger partial charge in [-0.2, -0.15) is 5.26 Å². The van der Waals surface area contributed by atoms with Crippen molar-refractivity contribution < 1.29 is 14.2 Å². The van der Waals surface area contributed by atoms with Crippen LogP contribution >= 0.6 is 0 Å². The van der Waals surface area contributed by atoms with Crippen molar-refractivity contribution in [2.75, 3.05) is 7.11 Å². The van der Waals surface area contributed by atoms with E-state index in [2.05, 4.69) is 0 Å². The predicted octanol–water partition coefficient (Wildman–Crippen LogP) is 1.65. The van der Waals surface area contributed by atoms with E-state index in [1.165, 1.54) is 25.3 Å². The van der Waals surface area contributed by atoms with Crippen molar-refractivity contribution in [3.8, 4) is 11.8 Å². The van der Waals surface area contributed by atoms with Gasteiger partial charge in [-0.15, -0.1) is 0 Å². The van der Waals surface area contributed by atoms with E-state index >= 15 is 0 Å². The maximum Gasteiger partial charge on any atom is 0.123 e. The smallest absolute Gasteiger partial charge is 0.123 e. The summed E-state index contributed by atoms with van der Waals surface area (Å²) in [5, 5.41) is 17.8. The van der Waals surface area contributed by atoms with Crippen LogP contribution in [0.25, 0.3) is 0 Å². The van der Waals surface area contributed by atoms with Crippen molar-refractivity contribution in [2.45, 2.75) is 18.9 Å². The summed E-state index contributed by atoms with van der Waals surface area (Å²) in [5.74, 6) is 0.142. The van der Waals surface area contributed by atoms with Gasteiger partial charge < -0.3 is 9.84 Å².